The van der Waals surface area contributed by atoms with Crippen molar-refractivity contribution >= 4 is 23.2 Å². The first kappa shape index (κ1) is 31.3. The number of allylic oxidation sites excluding steroid dienone is 3. The maximum absolute atomic E-state index is 13.2. The summed E-state index contributed by atoms with van der Waals surface area (Å²) in [6.07, 6.45) is 3.82. The van der Waals surface area contributed by atoms with Crippen molar-refractivity contribution in [3.05, 3.63) is 142 Å². The first-order valence-corrected chi connectivity index (χ1v) is 16.3. The number of ether oxygens (including phenoxy) is 1. The maximum atomic E-state index is 13.2. The highest BCUT2D eigenvalue weighted by Gasteiger charge is 2.38. The van der Waals surface area contributed by atoms with Crippen molar-refractivity contribution in [1.82, 2.24) is 15.1 Å². The number of nitrogens with one attached hydrogen (secondary N) is 1. The van der Waals surface area contributed by atoms with E-state index in [0.717, 1.165) is 78.7 Å². The molecular formula is C40H43N3O3. The van der Waals surface area contributed by atoms with Crippen molar-refractivity contribution in [3.63, 3.8) is 0 Å². The number of esters is 1. The lowest BCUT2D eigenvalue weighted by atomic mass is 9.68. The highest BCUT2D eigenvalue weighted by atomic mass is 16.5. The van der Waals surface area contributed by atoms with Gasteiger partial charge in [-0.05, 0) is 80.2 Å². The van der Waals surface area contributed by atoms with Gasteiger partial charge in [0, 0.05) is 23.4 Å². The number of dihydropyridines is 1. The van der Waals surface area contributed by atoms with Crippen LogP contribution in [0.5, 0.6) is 0 Å². The van der Waals surface area contributed by atoms with E-state index >= 15 is 0 Å². The van der Waals surface area contributed by atoms with Gasteiger partial charge >= 0.3 is 5.97 Å². The van der Waals surface area contributed by atoms with Crippen LogP contribution in [-0.4, -0.2) is 55.5 Å². The average molecular weight is 614 g/mol. The summed E-state index contributed by atoms with van der Waals surface area (Å²) in [7, 11) is 1.41. The van der Waals surface area contributed by atoms with Gasteiger partial charge in [0.1, 0.15) is 0 Å². The number of amides is 1. The van der Waals surface area contributed by atoms with Gasteiger partial charge < -0.3 is 19.9 Å². The molecule has 1 saturated heterocycles. The molecule has 2 heterocycles. The molecule has 4 aromatic rings. The fraction of sp³-hybridized carbons (Fsp3) is 0.300. The van der Waals surface area contributed by atoms with Crippen molar-refractivity contribution in [1.29, 1.82) is 0 Å². The molecule has 236 valence electrons. The number of methoxy groups -OCH3 is 1. The van der Waals surface area contributed by atoms with E-state index in [2.05, 4.69) is 101 Å². The Balaban J connectivity index is 1.20. The lowest BCUT2D eigenvalue weighted by molar-refractivity contribution is -0.136. The average Bonchev–Trinajstić information content (AvgIpc) is 3.11. The van der Waals surface area contributed by atoms with E-state index in [1.807, 2.05) is 26.0 Å². The molecule has 1 fully saturated rings. The molecule has 46 heavy (non-hydrogen) atoms. The van der Waals surface area contributed by atoms with Crippen molar-refractivity contribution in [2.45, 2.75) is 44.4 Å². The molecular weight excluding hydrogens is 570 g/mol. The van der Waals surface area contributed by atoms with Crippen LogP contribution in [0.2, 0.25) is 0 Å². The molecule has 0 spiro atoms. The molecule has 1 amide bonds. The lowest BCUT2D eigenvalue weighted by Crippen LogP contribution is -2.44. The molecule has 0 aromatic heterocycles. The van der Waals surface area contributed by atoms with Crippen LogP contribution in [0.1, 0.15) is 55.7 Å². The Kier molecular flexibility index (Phi) is 9.36. The fourth-order valence-electron chi connectivity index (χ4n) is 7.57. The molecule has 0 bridgehead atoms. The molecule has 0 radical (unpaired) electrons. The minimum atomic E-state index is -0.434. The Bertz CT molecular complexity index is 1710. The van der Waals surface area contributed by atoms with Crippen LogP contribution in [0.4, 0.5) is 0 Å². The molecule has 2 aliphatic rings. The summed E-state index contributed by atoms with van der Waals surface area (Å²) in [5, 5.41) is 5.58. The van der Waals surface area contributed by atoms with Gasteiger partial charge in [-0.25, -0.2) is 4.79 Å². The van der Waals surface area contributed by atoms with Gasteiger partial charge in [0.05, 0.1) is 24.3 Å². The summed E-state index contributed by atoms with van der Waals surface area (Å²) in [6, 6.07) is 36.3. The summed E-state index contributed by atoms with van der Waals surface area (Å²) in [5.41, 5.74) is 6.64. The van der Waals surface area contributed by atoms with Crippen LogP contribution in [0, 0.1) is 0 Å². The zero-order valence-electron chi connectivity index (χ0n) is 27.0. The van der Waals surface area contributed by atoms with Crippen LogP contribution in [0.15, 0.2) is 126 Å². The number of carbonyl (C=O) groups excluding carboxylic acids is 2. The van der Waals surface area contributed by atoms with Crippen LogP contribution >= 0.6 is 0 Å². The second kappa shape index (κ2) is 13.8. The third kappa shape index (κ3) is 6.10. The zero-order chi connectivity index (χ0) is 32.1. The Morgan fingerprint density at radius 2 is 1.48 bits per heavy atom. The van der Waals surface area contributed by atoms with Crippen molar-refractivity contribution in [2.24, 2.45) is 0 Å². The molecule has 1 N–H and O–H groups in total. The number of likely N-dealkylation sites (tertiary alicyclic amines) is 1. The SMILES string of the molecule is COC(=O)C1=C(C)NC(C)=C(N(C=O)CCCN2CCC(c3ccccc3)(c3ccccc3)CC2)C1c1ccc2ccccc2c1. The minimum absolute atomic E-state index is 0.00506. The Morgan fingerprint density at radius 1 is 0.870 bits per heavy atom. The lowest BCUT2D eigenvalue weighted by Gasteiger charge is -2.43. The van der Waals surface area contributed by atoms with Gasteiger partial charge in [0.25, 0.3) is 0 Å². The predicted molar refractivity (Wildman–Crippen MR) is 184 cm³/mol. The molecule has 6 rings (SSSR count). The Labute approximate surface area is 272 Å². The number of benzene rings is 4. The van der Waals surface area contributed by atoms with E-state index < -0.39 is 11.9 Å². The summed E-state index contributed by atoms with van der Waals surface area (Å²) in [6.45, 7) is 7.30. The topological polar surface area (TPSA) is 61.9 Å². The number of hydrogen-bond acceptors (Lipinski definition) is 5. The molecule has 0 aliphatic carbocycles. The van der Waals surface area contributed by atoms with E-state index in [4.69, 9.17) is 4.74 Å². The molecule has 6 heteroatoms. The first-order valence-electron chi connectivity index (χ1n) is 16.3. The molecule has 2 aliphatic heterocycles. The summed E-state index contributed by atoms with van der Waals surface area (Å²) in [4.78, 5) is 30.3. The molecule has 0 saturated carbocycles. The van der Waals surface area contributed by atoms with Crippen molar-refractivity contribution in [3.8, 4) is 0 Å². The van der Waals surface area contributed by atoms with E-state index in [1.165, 1.54) is 18.2 Å². The predicted octanol–water partition coefficient (Wildman–Crippen LogP) is 7.14. The van der Waals surface area contributed by atoms with Crippen LogP contribution in [0.3, 0.4) is 0 Å². The largest absolute Gasteiger partial charge is 0.466 e. The number of carbonyl (C=O) groups is 2. The highest BCUT2D eigenvalue weighted by Crippen LogP contribution is 2.43. The van der Waals surface area contributed by atoms with Gasteiger partial charge in [0.15, 0.2) is 0 Å². The fourth-order valence-corrected chi connectivity index (χ4v) is 7.57. The number of nitrogens with zero attached hydrogens (tertiary/aromatic N) is 2. The van der Waals surface area contributed by atoms with E-state index in [1.54, 1.807) is 4.90 Å². The summed E-state index contributed by atoms with van der Waals surface area (Å²) >= 11 is 0. The standard InChI is InChI=1S/C40H43N3O3/c1-29-36(39(45)46-3)37(33-20-19-31-13-10-11-14-32(31)27-33)38(30(2)41-29)43(28-44)24-12-23-42-25-21-40(22-26-42,34-15-6-4-7-16-34)35-17-8-5-9-18-35/h4-11,13-20,27-28,37,41H,12,21-26H2,1-3H3. The van der Waals surface area contributed by atoms with Gasteiger partial charge in [-0.1, -0.05) is 103 Å². The van der Waals surface area contributed by atoms with Crippen molar-refractivity contribution in [2.75, 3.05) is 33.3 Å². The van der Waals surface area contributed by atoms with E-state index in [0.29, 0.717) is 12.1 Å². The van der Waals surface area contributed by atoms with Gasteiger partial charge in [-0.15, -0.1) is 0 Å². The second-order valence-corrected chi connectivity index (χ2v) is 12.5. The van der Waals surface area contributed by atoms with Gasteiger partial charge in [-0.3, -0.25) is 4.79 Å². The molecule has 1 unspecified atom stereocenters. The molecule has 4 aromatic carbocycles. The molecule has 1 atom stereocenters. The zero-order valence-corrected chi connectivity index (χ0v) is 27.0. The van der Waals surface area contributed by atoms with Gasteiger partial charge in [0.2, 0.25) is 6.41 Å². The summed E-state index contributed by atoms with van der Waals surface area (Å²) < 4.78 is 5.26. The highest BCUT2D eigenvalue weighted by molar-refractivity contribution is 5.93. The number of rotatable bonds is 10. The first-order chi connectivity index (χ1) is 22.4. The maximum Gasteiger partial charge on any atom is 0.336 e. The second-order valence-electron chi connectivity index (χ2n) is 12.5. The van der Waals surface area contributed by atoms with E-state index in [9.17, 15) is 9.59 Å². The van der Waals surface area contributed by atoms with Crippen LogP contribution in [0.25, 0.3) is 10.8 Å². The number of piperidine rings is 1. The number of hydrogen-bond donors (Lipinski definition) is 1. The summed E-state index contributed by atoms with van der Waals surface area (Å²) in [5.74, 6) is -0.830. The quantitative estimate of drug-likeness (QED) is 0.152. The van der Waals surface area contributed by atoms with Crippen LogP contribution in [-0.2, 0) is 19.7 Å². The molecule has 6 nitrogen and oxygen atoms in total. The van der Waals surface area contributed by atoms with Gasteiger partial charge in [-0.2, -0.15) is 0 Å². The number of fused-ring (bicyclic) bond motifs is 1. The monoisotopic (exact) mass is 613 g/mol. The Morgan fingerprint density at radius 3 is 2.09 bits per heavy atom. The smallest absolute Gasteiger partial charge is 0.336 e. The van der Waals surface area contributed by atoms with E-state index in [-0.39, 0.29) is 5.41 Å². The third-order valence-electron chi connectivity index (χ3n) is 9.91. The van der Waals surface area contributed by atoms with Crippen molar-refractivity contribution < 1.29 is 14.3 Å². The Hall–Kier alpha value is -4.68. The minimum Gasteiger partial charge on any atom is -0.466 e. The normalized spacial score (nSPS) is 18.3. The third-order valence-corrected chi connectivity index (χ3v) is 9.91. The van der Waals surface area contributed by atoms with Crippen LogP contribution < -0.4 is 5.32 Å².